The summed E-state index contributed by atoms with van der Waals surface area (Å²) in [4.78, 5) is 10.8. The van der Waals surface area contributed by atoms with Crippen molar-refractivity contribution in [3.63, 3.8) is 0 Å². The fraction of sp³-hybridized carbons (Fsp3) is 0.364. The summed E-state index contributed by atoms with van der Waals surface area (Å²) in [6.07, 6.45) is 1.35. The first-order valence-electron chi connectivity index (χ1n) is 4.80. The minimum Gasteiger partial charge on any atom is -0.367 e. The topological polar surface area (TPSA) is 78.3 Å². The number of carbonyl (C=O) groups excluding carboxylic acids is 1. The van der Waals surface area contributed by atoms with Crippen molar-refractivity contribution in [3.8, 4) is 0 Å². The highest BCUT2D eigenvalue weighted by Gasteiger charge is 2.02. The van der Waals surface area contributed by atoms with Crippen LogP contribution in [0.25, 0.3) is 0 Å². The Morgan fingerprint density at radius 2 is 2.00 bits per heavy atom. The highest BCUT2D eigenvalue weighted by atomic mass is 16.5. The number of carbonyl (C=O) groups is 1. The van der Waals surface area contributed by atoms with Gasteiger partial charge in [0.1, 0.15) is 6.23 Å². The Balaban J connectivity index is 2.53. The summed E-state index contributed by atoms with van der Waals surface area (Å²) in [5.74, 6) is -0.407. The second-order valence-electron chi connectivity index (χ2n) is 3.37. The van der Waals surface area contributed by atoms with Gasteiger partial charge in [0.15, 0.2) is 0 Å². The summed E-state index contributed by atoms with van der Waals surface area (Å²) < 4.78 is 4.94. The van der Waals surface area contributed by atoms with E-state index in [4.69, 9.17) is 16.2 Å². The van der Waals surface area contributed by atoms with Gasteiger partial charge in [-0.2, -0.15) is 0 Å². The summed E-state index contributed by atoms with van der Waals surface area (Å²) in [6, 6.07) is 7.19. The highest BCUT2D eigenvalue weighted by Crippen LogP contribution is 2.07. The third-order valence-corrected chi connectivity index (χ3v) is 2.26. The minimum atomic E-state index is -0.407. The van der Waals surface area contributed by atoms with Gasteiger partial charge in [0, 0.05) is 12.7 Å². The number of nitrogens with two attached hydrogens (primary N) is 2. The lowest BCUT2D eigenvalue weighted by Gasteiger charge is -2.08. The maximum atomic E-state index is 10.8. The lowest BCUT2D eigenvalue weighted by molar-refractivity contribution is 0.0998. The van der Waals surface area contributed by atoms with Gasteiger partial charge in [0.2, 0.25) is 5.91 Å². The van der Waals surface area contributed by atoms with E-state index in [-0.39, 0.29) is 6.23 Å². The van der Waals surface area contributed by atoms with Crippen molar-refractivity contribution < 1.29 is 9.53 Å². The quantitative estimate of drug-likeness (QED) is 0.697. The Morgan fingerprint density at radius 3 is 2.47 bits per heavy atom. The van der Waals surface area contributed by atoms with Crippen molar-refractivity contribution in [2.75, 3.05) is 7.11 Å². The molecule has 4 nitrogen and oxygen atoms in total. The van der Waals surface area contributed by atoms with Crippen molar-refractivity contribution in [2.24, 2.45) is 11.5 Å². The number of hydrogen-bond acceptors (Lipinski definition) is 3. The number of amides is 1. The summed E-state index contributed by atoms with van der Waals surface area (Å²) >= 11 is 0. The van der Waals surface area contributed by atoms with E-state index in [2.05, 4.69) is 0 Å². The number of rotatable bonds is 5. The van der Waals surface area contributed by atoms with Crippen molar-refractivity contribution in [2.45, 2.75) is 19.1 Å². The Morgan fingerprint density at radius 1 is 1.40 bits per heavy atom. The Hall–Kier alpha value is -1.39. The van der Waals surface area contributed by atoms with Gasteiger partial charge in [-0.1, -0.05) is 12.1 Å². The zero-order valence-corrected chi connectivity index (χ0v) is 8.77. The lowest BCUT2D eigenvalue weighted by atomic mass is 10.1. The van der Waals surface area contributed by atoms with Crippen molar-refractivity contribution in [1.29, 1.82) is 0 Å². The molecule has 1 atom stereocenters. The van der Waals surface area contributed by atoms with E-state index < -0.39 is 5.91 Å². The zero-order valence-electron chi connectivity index (χ0n) is 8.77. The Labute approximate surface area is 89.2 Å². The first kappa shape index (κ1) is 11.7. The molecule has 0 spiro atoms. The van der Waals surface area contributed by atoms with Crippen LogP contribution in [0.3, 0.4) is 0 Å². The number of methoxy groups -OCH3 is 1. The monoisotopic (exact) mass is 208 g/mol. The van der Waals surface area contributed by atoms with Crippen LogP contribution in [-0.2, 0) is 11.2 Å². The predicted molar refractivity (Wildman–Crippen MR) is 58.3 cm³/mol. The Kier molecular flexibility index (Phi) is 4.27. The molecule has 0 saturated heterocycles. The van der Waals surface area contributed by atoms with Gasteiger partial charge < -0.3 is 16.2 Å². The number of benzene rings is 1. The average molecular weight is 208 g/mol. The molecule has 0 radical (unpaired) electrons. The number of aryl methyl sites for hydroxylation is 1. The average Bonchev–Trinajstić information content (AvgIpc) is 2.26. The third kappa shape index (κ3) is 3.69. The van der Waals surface area contributed by atoms with Crippen molar-refractivity contribution >= 4 is 5.91 Å². The lowest BCUT2D eigenvalue weighted by Crippen LogP contribution is -2.22. The van der Waals surface area contributed by atoms with Gasteiger partial charge in [-0.25, -0.2) is 0 Å². The molecule has 82 valence electrons. The van der Waals surface area contributed by atoms with E-state index in [1.165, 1.54) is 0 Å². The first-order chi connectivity index (χ1) is 7.13. The molecule has 0 heterocycles. The van der Waals surface area contributed by atoms with Gasteiger partial charge in [-0.05, 0) is 30.5 Å². The molecule has 4 heteroatoms. The molecule has 4 N–H and O–H groups in total. The van der Waals surface area contributed by atoms with E-state index in [1.54, 1.807) is 19.2 Å². The molecule has 15 heavy (non-hydrogen) atoms. The number of hydrogen-bond donors (Lipinski definition) is 2. The molecule has 0 aromatic heterocycles. The maximum absolute atomic E-state index is 10.8. The van der Waals surface area contributed by atoms with Gasteiger partial charge in [0.25, 0.3) is 0 Å². The summed E-state index contributed by atoms with van der Waals surface area (Å²) in [5, 5.41) is 0. The van der Waals surface area contributed by atoms with Crippen LogP contribution in [0.15, 0.2) is 24.3 Å². The first-order valence-corrected chi connectivity index (χ1v) is 4.80. The molecule has 0 saturated carbocycles. The summed E-state index contributed by atoms with van der Waals surface area (Å²) in [6.45, 7) is 0. The van der Waals surface area contributed by atoms with Crippen molar-refractivity contribution in [1.82, 2.24) is 0 Å². The molecule has 0 aliphatic carbocycles. The SMILES string of the molecule is COC(N)CCc1ccc(C(N)=O)cc1. The molecule has 1 aromatic carbocycles. The van der Waals surface area contributed by atoms with Gasteiger partial charge in [-0.3, -0.25) is 4.79 Å². The maximum Gasteiger partial charge on any atom is 0.248 e. The van der Waals surface area contributed by atoms with Crippen LogP contribution in [0.4, 0.5) is 0 Å². The van der Waals surface area contributed by atoms with Gasteiger partial charge in [0.05, 0.1) is 0 Å². The molecule has 1 unspecified atom stereocenters. The zero-order chi connectivity index (χ0) is 11.3. The number of ether oxygens (including phenoxy) is 1. The fourth-order valence-electron chi connectivity index (χ4n) is 1.26. The molecule has 1 amide bonds. The van der Waals surface area contributed by atoms with Crippen LogP contribution < -0.4 is 11.5 Å². The largest absolute Gasteiger partial charge is 0.367 e. The van der Waals surface area contributed by atoms with E-state index in [0.717, 1.165) is 18.4 Å². The molecule has 0 fully saturated rings. The predicted octanol–water partition coefficient (Wildman–Crippen LogP) is 0.649. The Bertz CT molecular complexity index is 322. The highest BCUT2D eigenvalue weighted by molar-refractivity contribution is 5.92. The van der Waals surface area contributed by atoms with Crippen LogP contribution in [0.5, 0.6) is 0 Å². The molecular weight excluding hydrogens is 192 g/mol. The molecule has 1 aromatic rings. The van der Waals surface area contributed by atoms with Crippen LogP contribution in [0.2, 0.25) is 0 Å². The molecule has 0 aliphatic heterocycles. The van der Waals surface area contributed by atoms with Crippen LogP contribution >= 0.6 is 0 Å². The normalized spacial score (nSPS) is 12.4. The summed E-state index contributed by atoms with van der Waals surface area (Å²) in [5.41, 5.74) is 12.4. The second kappa shape index (κ2) is 5.48. The van der Waals surface area contributed by atoms with E-state index in [1.807, 2.05) is 12.1 Å². The smallest absolute Gasteiger partial charge is 0.248 e. The third-order valence-electron chi connectivity index (χ3n) is 2.26. The van der Waals surface area contributed by atoms with Crippen LogP contribution in [0, 0.1) is 0 Å². The summed E-state index contributed by atoms with van der Waals surface area (Å²) in [7, 11) is 1.58. The minimum absolute atomic E-state index is 0.235. The van der Waals surface area contributed by atoms with Crippen molar-refractivity contribution in [3.05, 3.63) is 35.4 Å². The standard InChI is InChI=1S/C11H16N2O2/c1-15-10(12)7-4-8-2-5-9(6-3-8)11(13)14/h2-3,5-6,10H,4,7,12H2,1H3,(H2,13,14). The number of primary amides is 1. The molecular formula is C11H16N2O2. The van der Waals surface area contributed by atoms with Gasteiger partial charge in [-0.15, -0.1) is 0 Å². The van der Waals surface area contributed by atoms with Crippen LogP contribution in [-0.4, -0.2) is 19.2 Å². The van der Waals surface area contributed by atoms with E-state index in [0.29, 0.717) is 5.56 Å². The molecule has 0 bridgehead atoms. The van der Waals surface area contributed by atoms with Gasteiger partial charge >= 0.3 is 0 Å². The molecule has 0 aliphatic rings. The molecule has 1 rings (SSSR count). The second-order valence-corrected chi connectivity index (χ2v) is 3.37. The van der Waals surface area contributed by atoms with E-state index >= 15 is 0 Å². The van der Waals surface area contributed by atoms with E-state index in [9.17, 15) is 4.79 Å². The fourth-order valence-corrected chi connectivity index (χ4v) is 1.26. The van der Waals surface area contributed by atoms with Crippen LogP contribution in [0.1, 0.15) is 22.3 Å².